The summed E-state index contributed by atoms with van der Waals surface area (Å²) in [5.74, 6) is -1.09. The molecule has 0 amide bonds. The first-order valence-corrected chi connectivity index (χ1v) is 9.46. The highest BCUT2D eigenvalue weighted by Crippen LogP contribution is 2.23. The predicted molar refractivity (Wildman–Crippen MR) is 109 cm³/mol. The maximum atomic E-state index is 13.0. The zero-order valence-corrected chi connectivity index (χ0v) is 16.3. The molecule has 0 aromatic heterocycles. The predicted octanol–water partition coefficient (Wildman–Crippen LogP) is 3.78. The Morgan fingerprint density at radius 3 is 1.96 bits per heavy atom. The van der Waals surface area contributed by atoms with Crippen molar-refractivity contribution in [2.45, 2.75) is 20.8 Å². The minimum atomic E-state index is -0.997. The molecule has 2 rings (SSSR count). The summed E-state index contributed by atoms with van der Waals surface area (Å²) in [6.07, 6.45) is 0. The van der Waals surface area contributed by atoms with Gasteiger partial charge in [0.1, 0.15) is 0 Å². The summed E-state index contributed by atoms with van der Waals surface area (Å²) in [5, 5.41) is 9.03. The van der Waals surface area contributed by atoms with Crippen LogP contribution in [0.3, 0.4) is 0 Å². The number of rotatable bonds is 10. The van der Waals surface area contributed by atoms with Gasteiger partial charge in [-0.15, -0.1) is 0 Å². The van der Waals surface area contributed by atoms with Crippen molar-refractivity contribution in [2.24, 2.45) is 0 Å². The molecule has 0 heterocycles. The van der Waals surface area contributed by atoms with Crippen LogP contribution in [0.2, 0.25) is 0 Å². The molecule has 2 aromatic rings. The van der Waals surface area contributed by atoms with Gasteiger partial charge in [-0.25, -0.2) is 4.79 Å². The van der Waals surface area contributed by atoms with Gasteiger partial charge in [0.25, 0.3) is 0 Å². The van der Waals surface area contributed by atoms with Gasteiger partial charge in [0, 0.05) is 36.4 Å². The molecule has 0 aliphatic heterocycles. The highest BCUT2D eigenvalue weighted by Gasteiger charge is 2.17. The summed E-state index contributed by atoms with van der Waals surface area (Å²) >= 11 is 0. The normalized spacial score (nSPS) is 10.8. The van der Waals surface area contributed by atoms with Gasteiger partial charge in [-0.3, -0.25) is 4.79 Å². The number of carboxylic acid groups (broad SMARTS) is 1. The van der Waals surface area contributed by atoms with Crippen LogP contribution in [0.1, 0.15) is 47.1 Å². The van der Waals surface area contributed by atoms with Crippen molar-refractivity contribution < 1.29 is 14.7 Å². The molecule has 0 radical (unpaired) electrons. The number of benzene rings is 2. The van der Waals surface area contributed by atoms with E-state index < -0.39 is 5.97 Å². The molecular formula is C22H28N2O3. The standard InChI is InChI=1S/C22H28N2O3/c1-4-23(5-2)15-16-24(6-3)20-10-8-7-9-19(20)21(25)17-11-13-18(14-12-17)22(26)27/h7-14H,4-6,15-16H2,1-3H3,(H,26,27). The Hall–Kier alpha value is -2.66. The largest absolute Gasteiger partial charge is 0.478 e. The van der Waals surface area contributed by atoms with Crippen molar-refractivity contribution in [2.75, 3.05) is 37.6 Å². The van der Waals surface area contributed by atoms with E-state index in [0.717, 1.165) is 38.4 Å². The zero-order valence-electron chi connectivity index (χ0n) is 16.3. The van der Waals surface area contributed by atoms with Crippen LogP contribution in [0, 0.1) is 0 Å². The van der Waals surface area contributed by atoms with E-state index in [1.807, 2.05) is 24.3 Å². The number of carboxylic acids is 1. The summed E-state index contributed by atoms with van der Waals surface area (Å²) in [4.78, 5) is 28.6. The third-order valence-electron chi connectivity index (χ3n) is 4.85. The SMILES string of the molecule is CCN(CC)CCN(CC)c1ccccc1C(=O)c1ccc(C(=O)O)cc1. The molecule has 0 unspecified atom stereocenters. The molecule has 0 fully saturated rings. The van der Waals surface area contributed by atoms with Crippen LogP contribution >= 0.6 is 0 Å². The van der Waals surface area contributed by atoms with Crippen molar-refractivity contribution >= 4 is 17.4 Å². The van der Waals surface area contributed by atoms with Crippen LogP contribution in [-0.2, 0) is 0 Å². The van der Waals surface area contributed by atoms with Crippen LogP contribution in [0.15, 0.2) is 48.5 Å². The number of hydrogen-bond donors (Lipinski definition) is 1. The molecule has 2 aromatic carbocycles. The van der Waals surface area contributed by atoms with Gasteiger partial charge < -0.3 is 14.9 Å². The average molecular weight is 368 g/mol. The first kappa shape index (κ1) is 20.6. The first-order valence-electron chi connectivity index (χ1n) is 9.46. The second-order valence-corrected chi connectivity index (χ2v) is 6.34. The van der Waals surface area contributed by atoms with E-state index in [4.69, 9.17) is 5.11 Å². The van der Waals surface area contributed by atoms with E-state index in [1.165, 1.54) is 12.1 Å². The van der Waals surface area contributed by atoms with E-state index in [1.54, 1.807) is 12.1 Å². The second kappa shape index (κ2) is 9.88. The molecule has 5 heteroatoms. The van der Waals surface area contributed by atoms with Gasteiger partial charge in [0.2, 0.25) is 0 Å². The van der Waals surface area contributed by atoms with Crippen LogP contribution < -0.4 is 4.90 Å². The molecule has 27 heavy (non-hydrogen) atoms. The fraction of sp³-hybridized carbons (Fsp3) is 0.364. The lowest BCUT2D eigenvalue weighted by Crippen LogP contribution is -2.35. The monoisotopic (exact) mass is 368 g/mol. The lowest BCUT2D eigenvalue weighted by atomic mass is 10.00. The van der Waals surface area contributed by atoms with E-state index in [9.17, 15) is 9.59 Å². The van der Waals surface area contributed by atoms with Crippen LogP contribution in [0.4, 0.5) is 5.69 Å². The van der Waals surface area contributed by atoms with E-state index in [-0.39, 0.29) is 11.3 Å². The van der Waals surface area contributed by atoms with Crippen molar-refractivity contribution in [3.05, 3.63) is 65.2 Å². The third-order valence-corrected chi connectivity index (χ3v) is 4.85. The van der Waals surface area contributed by atoms with Crippen molar-refractivity contribution in [1.82, 2.24) is 4.90 Å². The molecule has 0 aliphatic carbocycles. The smallest absolute Gasteiger partial charge is 0.335 e. The topological polar surface area (TPSA) is 60.9 Å². The molecule has 0 bridgehead atoms. The Kier molecular flexibility index (Phi) is 7.55. The maximum Gasteiger partial charge on any atom is 0.335 e. The number of ketones is 1. The molecule has 144 valence electrons. The Bertz CT molecular complexity index is 767. The Morgan fingerprint density at radius 2 is 1.41 bits per heavy atom. The first-order chi connectivity index (χ1) is 13.0. The lowest BCUT2D eigenvalue weighted by molar-refractivity contribution is 0.0696. The minimum absolute atomic E-state index is 0.0937. The zero-order chi connectivity index (χ0) is 19.8. The van der Waals surface area contributed by atoms with Gasteiger partial charge in [0.05, 0.1) is 5.56 Å². The van der Waals surface area contributed by atoms with E-state index in [2.05, 4.69) is 30.6 Å². The van der Waals surface area contributed by atoms with Gasteiger partial charge in [0.15, 0.2) is 5.78 Å². The highest BCUT2D eigenvalue weighted by molar-refractivity contribution is 6.12. The number of likely N-dealkylation sites (N-methyl/N-ethyl adjacent to an activating group) is 2. The summed E-state index contributed by atoms with van der Waals surface area (Å²) in [7, 11) is 0. The lowest BCUT2D eigenvalue weighted by Gasteiger charge is -2.28. The molecule has 0 spiro atoms. The molecule has 0 saturated heterocycles. The van der Waals surface area contributed by atoms with Gasteiger partial charge in [-0.2, -0.15) is 0 Å². The summed E-state index contributed by atoms with van der Waals surface area (Å²) < 4.78 is 0. The summed E-state index contributed by atoms with van der Waals surface area (Å²) in [6, 6.07) is 13.7. The molecule has 0 atom stereocenters. The number of carbonyl (C=O) groups excluding carboxylic acids is 1. The Morgan fingerprint density at radius 1 is 0.815 bits per heavy atom. The van der Waals surface area contributed by atoms with Crippen LogP contribution in [-0.4, -0.2) is 54.5 Å². The van der Waals surface area contributed by atoms with Gasteiger partial charge in [-0.05, 0) is 44.3 Å². The molecule has 5 nitrogen and oxygen atoms in total. The average Bonchev–Trinajstić information content (AvgIpc) is 2.71. The van der Waals surface area contributed by atoms with Crippen LogP contribution in [0.25, 0.3) is 0 Å². The van der Waals surface area contributed by atoms with Crippen molar-refractivity contribution in [1.29, 1.82) is 0 Å². The number of hydrogen-bond acceptors (Lipinski definition) is 4. The molecular weight excluding hydrogens is 340 g/mol. The third kappa shape index (κ3) is 5.17. The molecule has 1 N–H and O–H groups in total. The summed E-state index contributed by atoms with van der Waals surface area (Å²) in [6.45, 7) is 11.0. The second-order valence-electron chi connectivity index (χ2n) is 6.34. The Labute approximate surface area is 161 Å². The van der Waals surface area contributed by atoms with E-state index >= 15 is 0 Å². The number of nitrogens with zero attached hydrogens (tertiary/aromatic N) is 2. The minimum Gasteiger partial charge on any atom is -0.478 e. The number of aromatic carboxylic acids is 1. The number of carbonyl (C=O) groups is 2. The van der Waals surface area contributed by atoms with Gasteiger partial charge >= 0.3 is 5.97 Å². The molecule has 0 aliphatic rings. The fourth-order valence-electron chi connectivity index (χ4n) is 3.11. The number of anilines is 1. The number of para-hydroxylation sites is 1. The molecule has 0 saturated carbocycles. The van der Waals surface area contributed by atoms with Gasteiger partial charge in [-0.1, -0.05) is 38.1 Å². The summed E-state index contributed by atoms with van der Waals surface area (Å²) in [5.41, 5.74) is 2.22. The fourth-order valence-corrected chi connectivity index (χ4v) is 3.11. The van der Waals surface area contributed by atoms with Crippen molar-refractivity contribution in [3.8, 4) is 0 Å². The highest BCUT2D eigenvalue weighted by atomic mass is 16.4. The maximum absolute atomic E-state index is 13.0. The Balaban J connectivity index is 2.27. The van der Waals surface area contributed by atoms with E-state index in [0.29, 0.717) is 11.1 Å². The van der Waals surface area contributed by atoms with Crippen molar-refractivity contribution in [3.63, 3.8) is 0 Å². The van der Waals surface area contributed by atoms with Crippen LogP contribution in [0.5, 0.6) is 0 Å². The quantitative estimate of drug-likeness (QED) is 0.647.